The SMILES string of the molecule is N#Cc1ccc(Oc2c(Cl)cc(N)cc2Cl)c(F)c1. The van der Waals surface area contributed by atoms with Gasteiger partial charge in [0, 0.05) is 5.69 Å². The van der Waals surface area contributed by atoms with E-state index in [4.69, 9.17) is 38.9 Å². The van der Waals surface area contributed by atoms with Gasteiger partial charge in [-0.3, -0.25) is 0 Å². The van der Waals surface area contributed by atoms with E-state index in [1.807, 2.05) is 6.07 Å². The number of nitrogen functional groups attached to an aromatic ring is 1. The number of nitrogens with zero attached hydrogens (tertiary/aromatic N) is 1. The largest absolute Gasteiger partial charge is 0.451 e. The summed E-state index contributed by atoms with van der Waals surface area (Å²) in [6, 6.07) is 8.54. The van der Waals surface area contributed by atoms with Gasteiger partial charge in [-0.25, -0.2) is 4.39 Å². The second-order valence-electron chi connectivity index (χ2n) is 3.67. The van der Waals surface area contributed by atoms with Crippen LogP contribution in [0.25, 0.3) is 0 Å². The van der Waals surface area contributed by atoms with Gasteiger partial charge in [0.25, 0.3) is 0 Å². The maximum absolute atomic E-state index is 13.7. The highest BCUT2D eigenvalue weighted by Crippen LogP contribution is 2.38. The van der Waals surface area contributed by atoms with Gasteiger partial charge in [0.15, 0.2) is 17.3 Å². The summed E-state index contributed by atoms with van der Waals surface area (Å²) >= 11 is 11.9. The van der Waals surface area contributed by atoms with Gasteiger partial charge < -0.3 is 10.5 Å². The van der Waals surface area contributed by atoms with E-state index < -0.39 is 5.82 Å². The maximum atomic E-state index is 13.7. The molecule has 2 rings (SSSR count). The highest BCUT2D eigenvalue weighted by molar-refractivity contribution is 6.37. The minimum atomic E-state index is -0.678. The predicted molar refractivity (Wildman–Crippen MR) is 72.1 cm³/mol. The van der Waals surface area contributed by atoms with Gasteiger partial charge in [-0.2, -0.15) is 5.26 Å². The van der Waals surface area contributed by atoms with Crippen molar-refractivity contribution in [3.05, 3.63) is 51.8 Å². The number of halogens is 3. The molecule has 96 valence electrons. The summed E-state index contributed by atoms with van der Waals surface area (Å²) in [5.74, 6) is -0.642. The minimum Gasteiger partial charge on any atom is -0.451 e. The van der Waals surface area contributed by atoms with Gasteiger partial charge in [0.05, 0.1) is 21.7 Å². The van der Waals surface area contributed by atoms with E-state index in [2.05, 4.69) is 0 Å². The first-order valence-electron chi connectivity index (χ1n) is 5.13. The normalized spacial score (nSPS) is 10.0. The molecule has 0 amide bonds. The van der Waals surface area contributed by atoms with Crippen molar-refractivity contribution >= 4 is 28.9 Å². The monoisotopic (exact) mass is 296 g/mol. The molecule has 0 fully saturated rings. The molecule has 0 bridgehead atoms. The first kappa shape index (κ1) is 13.5. The van der Waals surface area contributed by atoms with Crippen LogP contribution in [-0.2, 0) is 0 Å². The van der Waals surface area contributed by atoms with Crippen LogP contribution < -0.4 is 10.5 Å². The third-order valence-electron chi connectivity index (χ3n) is 2.29. The minimum absolute atomic E-state index is 0.0763. The lowest BCUT2D eigenvalue weighted by Crippen LogP contribution is -1.93. The van der Waals surface area contributed by atoms with E-state index in [1.54, 1.807) is 0 Å². The molecule has 2 N–H and O–H groups in total. The molecule has 0 saturated carbocycles. The van der Waals surface area contributed by atoms with Crippen LogP contribution in [-0.4, -0.2) is 0 Å². The third kappa shape index (κ3) is 2.90. The van der Waals surface area contributed by atoms with Crippen molar-refractivity contribution in [2.75, 3.05) is 5.73 Å². The molecule has 2 aromatic rings. The standard InChI is InChI=1S/C13H7Cl2FN2O/c14-9-4-8(18)5-10(15)13(9)19-12-2-1-7(6-17)3-11(12)16/h1-5H,18H2. The fourth-order valence-corrected chi connectivity index (χ4v) is 2.02. The van der Waals surface area contributed by atoms with Crippen LogP contribution in [0.2, 0.25) is 10.0 Å². The highest BCUT2D eigenvalue weighted by Gasteiger charge is 2.13. The number of nitriles is 1. The maximum Gasteiger partial charge on any atom is 0.167 e. The second kappa shape index (κ2) is 5.35. The second-order valence-corrected chi connectivity index (χ2v) is 4.49. The molecule has 0 unspecified atom stereocenters. The Labute approximate surface area is 118 Å². The Morgan fingerprint density at radius 3 is 2.32 bits per heavy atom. The Bertz CT molecular complexity index is 660. The van der Waals surface area contributed by atoms with Crippen LogP contribution in [0.4, 0.5) is 10.1 Å². The Hall–Kier alpha value is -1.96. The van der Waals surface area contributed by atoms with Crippen molar-refractivity contribution in [3.8, 4) is 17.6 Å². The van der Waals surface area contributed by atoms with Crippen molar-refractivity contribution in [3.63, 3.8) is 0 Å². The van der Waals surface area contributed by atoms with Crippen molar-refractivity contribution in [1.29, 1.82) is 5.26 Å². The van der Waals surface area contributed by atoms with Crippen LogP contribution in [0.15, 0.2) is 30.3 Å². The molecule has 2 aromatic carbocycles. The number of ether oxygens (including phenoxy) is 1. The van der Waals surface area contributed by atoms with Gasteiger partial charge in [0.1, 0.15) is 0 Å². The van der Waals surface area contributed by atoms with E-state index in [-0.39, 0.29) is 27.1 Å². The Morgan fingerprint density at radius 2 is 1.79 bits per heavy atom. The zero-order valence-corrected chi connectivity index (χ0v) is 11.0. The predicted octanol–water partition coefficient (Wildman–Crippen LogP) is 4.38. The third-order valence-corrected chi connectivity index (χ3v) is 2.86. The molecule has 0 aliphatic heterocycles. The number of hydrogen-bond donors (Lipinski definition) is 1. The van der Waals surface area contributed by atoms with Crippen LogP contribution in [0.1, 0.15) is 5.56 Å². The summed E-state index contributed by atoms with van der Waals surface area (Å²) in [4.78, 5) is 0. The van der Waals surface area contributed by atoms with Gasteiger partial charge in [-0.15, -0.1) is 0 Å². The Kier molecular flexibility index (Phi) is 3.79. The molecule has 0 aliphatic rings. The summed E-state index contributed by atoms with van der Waals surface area (Å²) in [6.07, 6.45) is 0. The van der Waals surface area contributed by atoms with Crippen LogP contribution in [0.5, 0.6) is 11.5 Å². The quantitative estimate of drug-likeness (QED) is 0.837. The van der Waals surface area contributed by atoms with Crippen molar-refractivity contribution in [1.82, 2.24) is 0 Å². The summed E-state index contributed by atoms with van der Waals surface area (Å²) in [5, 5.41) is 9.00. The molecule has 3 nitrogen and oxygen atoms in total. The lowest BCUT2D eigenvalue weighted by atomic mass is 10.2. The Balaban J connectivity index is 2.40. The van der Waals surface area contributed by atoms with Crippen molar-refractivity contribution in [2.45, 2.75) is 0 Å². The fraction of sp³-hybridized carbons (Fsp3) is 0. The Morgan fingerprint density at radius 1 is 1.16 bits per heavy atom. The lowest BCUT2D eigenvalue weighted by molar-refractivity contribution is 0.442. The summed E-state index contributed by atoms with van der Waals surface area (Å²) in [6.45, 7) is 0. The lowest BCUT2D eigenvalue weighted by Gasteiger charge is -2.11. The van der Waals surface area contributed by atoms with E-state index >= 15 is 0 Å². The van der Waals surface area contributed by atoms with Crippen LogP contribution in [0, 0.1) is 17.1 Å². The number of anilines is 1. The summed E-state index contributed by atoms with van der Waals surface area (Å²) < 4.78 is 19.0. The molecule has 0 saturated heterocycles. The van der Waals surface area contributed by atoms with E-state index in [9.17, 15) is 4.39 Å². The molecule has 6 heteroatoms. The van der Waals surface area contributed by atoms with Crippen molar-refractivity contribution in [2.24, 2.45) is 0 Å². The summed E-state index contributed by atoms with van der Waals surface area (Å²) in [7, 11) is 0. The van der Waals surface area contributed by atoms with Gasteiger partial charge in [0.2, 0.25) is 0 Å². The summed E-state index contributed by atoms with van der Waals surface area (Å²) in [5.41, 5.74) is 6.13. The molecule has 0 atom stereocenters. The molecular formula is C13H7Cl2FN2O. The molecule has 0 spiro atoms. The molecular weight excluding hydrogens is 290 g/mol. The van der Waals surface area contributed by atoms with Crippen LogP contribution >= 0.6 is 23.2 Å². The smallest absolute Gasteiger partial charge is 0.167 e. The average molecular weight is 297 g/mol. The molecule has 0 heterocycles. The molecule has 0 radical (unpaired) electrons. The zero-order chi connectivity index (χ0) is 14.0. The molecule has 0 aliphatic carbocycles. The number of benzene rings is 2. The highest BCUT2D eigenvalue weighted by atomic mass is 35.5. The fourth-order valence-electron chi connectivity index (χ4n) is 1.44. The van der Waals surface area contributed by atoms with Gasteiger partial charge >= 0.3 is 0 Å². The van der Waals surface area contributed by atoms with E-state index in [0.717, 1.165) is 6.07 Å². The van der Waals surface area contributed by atoms with Crippen molar-refractivity contribution < 1.29 is 9.13 Å². The average Bonchev–Trinajstić information content (AvgIpc) is 2.35. The number of rotatable bonds is 2. The van der Waals surface area contributed by atoms with Gasteiger partial charge in [-0.1, -0.05) is 23.2 Å². The van der Waals surface area contributed by atoms with Gasteiger partial charge in [-0.05, 0) is 30.3 Å². The van der Waals surface area contributed by atoms with E-state index in [0.29, 0.717) is 5.69 Å². The zero-order valence-electron chi connectivity index (χ0n) is 9.45. The molecule has 19 heavy (non-hydrogen) atoms. The van der Waals surface area contributed by atoms with E-state index in [1.165, 1.54) is 24.3 Å². The molecule has 0 aromatic heterocycles. The number of nitrogens with two attached hydrogens (primary N) is 1. The first-order chi connectivity index (χ1) is 9.01. The number of hydrogen-bond acceptors (Lipinski definition) is 3. The topological polar surface area (TPSA) is 59.0 Å². The first-order valence-corrected chi connectivity index (χ1v) is 5.89. The van der Waals surface area contributed by atoms with Crippen LogP contribution in [0.3, 0.4) is 0 Å².